The van der Waals surface area contributed by atoms with Crippen LogP contribution in [-0.2, 0) is 0 Å². The van der Waals surface area contributed by atoms with Crippen molar-refractivity contribution in [3.05, 3.63) is 0 Å². The second-order valence-electron chi connectivity index (χ2n) is 5.63. The first-order chi connectivity index (χ1) is 7.46. The van der Waals surface area contributed by atoms with Crippen molar-refractivity contribution in [2.24, 2.45) is 0 Å². The van der Waals surface area contributed by atoms with Gasteiger partial charge >= 0.3 is 0 Å². The molecule has 1 fully saturated rings. The molecule has 0 bridgehead atoms. The largest absolute Gasteiger partial charge is 0.390 e. The summed E-state index contributed by atoms with van der Waals surface area (Å²) >= 11 is 0. The van der Waals surface area contributed by atoms with Gasteiger partial charge in [-0.25, -0.2) is 0 Å². The van der Waals surface area contributed by atoms with E-state index in [1.54, 1.807) is 0 Å². The van der Waals surface area contributed by atoms with Crippen molar-refractivity contribution in [3.63, 3.8) is 0 Å². The number of hydrogen-bond acceptors (Lipinski definition) is 3. The van der Waals surface area contributed by atoms with Crippen molar-refractivity contribution in [1.82, 2.24) is 10.2 Å². The van der Waals surface area contributed by atoms with Crippen molar-refractivity contribution in [2.75, 3.05) is 19.6 Å². The Kier molecular flexibility index (Phi) is 5.22. The third-order valence-electron chi connectivity index (χ3n) is 3.59. The average Bonchev–Trinajstić information content (AvgIpc) is 2.25. The van der Waals surface area contributed by atoms with Gasteiger partial charge in [0.25, 0.3) is 0 Å². The lowest BCUT2D eigenvalue weighted by atomic mass is 10.0. The predicted molar refractivity (Wildman–Crippen MR) is 68.6 cm³/mol. The molecule has 0 saturated carbocycles. The van der Waals surface area contributed by atoms with Crippen LogP contribution in [0.25, 0.3) is 0 Å². The number of nitrogens with one attached hydrogen (secondary N) is 1. The van der Waals surface area contributed by atoms with E-state index in [1.165, 1.54) is 12.8 Å². The lowest BCUT2D eigenvalue weighted by Crippen LogP contribution is -2.56. The molecule has 2 unspecified atom stereocenters. The SMILES string of the molecule is CCC1CN(CCC(C)(C)O)C(CC)CN1. The first kappa shape index (κ1) is 13.9. The van der Waals surface area contributed by atoms with E-state index >= 15 is 0 Å². The van der Waals surface area contributed by atoms with Gasteiger partial charge in [-0.3, -0.25) is 4.90 Å². The van der Waals surface area contributed by atoms with E-state index in [2.05, 4.69) is 24.1 Å². The molecule has 1 rings (SSSR count). The fourth-order valence-electron chi connectivity index (χ4n) is 2.30. The normalized spacial score (nSPS) is 28.3. The topological polar surface area (TPSA) is 35.5 Å². The van der Waals surface area contributed by atoms with E-state index in [4.69, 9.17) is 0 Å². The van der Waals surface area contributed by atoms with E-state index in [-0.39, 0.29) is 0 Å². The summed E-state index contributed by atoms with van der Waals surface area (Å²) in [6.07, 6.45) is 3.24. The molecule has 1 aliphatic rings. The van der Waals surface area contributed by atoms with Crippen LogP contribution in [0.5, 0.6) is 0 Å². The molecule has 3 nitrogen and oxygen atoms in total. The molecular formula is C13H28N2O. The maximum absolute atomic E-state index is 9.79. The molecular weight excluding hydrogens is 200 g/mol. The van der Waals surface area contributed by atoms with Crippen LogP contribution in [0.15, 0.2) is 0 Å². The Hall–Kier alpha value is -0.120. The van der Waals surface area contributed by atoms with Gasteiger partial charge in [-0.15, -0.1) is 0 Å². The molecule has 16 heavy (non-hydrogen) atoms. The predicted octanol–water partition coefficient (Wildman–Crippen LogP) is 1.61. The number of nitrogens with zero attached hydrogens (tertiary/aromatic N) is 1. The third kappa shape index (κ3) is 4.40. The van der Waals surface area contributed by atoms with Crippen LogP contribution in [0.2, 0.25) is 0 Å². The van der Waals surface area contributed by atoms with Crippen LogP contribution in [-0.4, -0.2) is 47.3 Å². The van der Waals surface area contributed by atoms with Gasteiger partial charge in [0, 0.05) is 31.7 Å². The van der Waals surface area contributed by atoms with Crippen LogP contribution in [0.1, 0.15) is 47.0 Å². The lowest BCUT2D eigenvalue weighted by Gasteiger charge is -2.40. The molecule has 0 amide bonds. The minimum atomic E-state index is -0.537. The third-order valence-corrected chi connectivity index (χ3v) is 3.59. The van der Waals surface area contributed by atoms with Crippen molar-refractivity contribution in [3.8, 4) is 0 Å². The van der Waals surface area contributed by atoms with Crippen molar-refractivity contribution in [1.29, 1.82) is 0 Å². The highest BCUT2D eigenvalue weighted by Gasteiger charge is 2.26. The number of aliphatic hydroxyl groups is 1. The highest BCUT2D eigenvalue weighted by molar-refractivity contribution is 4.85. The van der Waals surface area contributed by atoms with Gasteiger partial charge in [0.1, 0.15) is 0 Å². The van der Waals surface area contributed by atoms with Gasteiger partial charge < -0.3 is 10.4 Å². The summed E-state index contributed by atoms with van der Waals surface area (Å²) in [5.74, 6) is 0. The van der Waals surface area contributed by atoms with Gasteiger partial charge in [-0.05, 0) is 33.1 Å². The molecule has 0 spiro atoms. The van der Waals surface area contributed by atoms with E-state index in [1.807, 2.05) is 13.8 Å². The minimum Gasteiger partial charge on any atom is -0.390 e. The summed E-state index contributed by atoms with van der Waals surface area (Å²) in [5, 5.41) is 13.4. The van der Waals surface area contributed by atoms with Gasteiger partial charge in [-0.2, -0.15) is 0 Å². The number of rotatable bonds is 5. The Morgan fingerprint density at radius 1 is 1.31 bits per heavy atom. The molecule has 0 aromatic rings. The Balaban J connectivity index is 2.45. The highest BCUT2D eigenvalue weighted by Crippen LogP contribution is 2.15. The summed E-state index contributed by atoms with van der Waals surface area (Å²) in [7, 11) is 0. The zero-order valence-electron chi connectivity index (χ0n) is 11.3. The molecule has 0 aromatic heterocycles. The van der Waals surface area contributed by atoms with Crippen LogP contribution in [0.3, 0.4) is 0 Å². The van der Waals surface area contributed by atoms with Crippen molar-refractivity contribution >= 4 is 0 Å². The van der Waals surface area contributed by atoms with Crippen LogP contribution in [0, 0.1) is 0 Å². The second kappa shape index (κ2) is 5.99. The standard InChI is InChI=1S/C13H28N2O/c1-5-11-10-15(8-7-13(3,4)16)12(6-2)9-14-11/h11-12,14,16H,5-10H2,1-4H3. The lowest BCUT2D eigenvalue weighted by molar-refractivity contribution is 0.0404. The molecule has 2 N–H and O–H groups in total. The summed E-state index contributed by atoms with van der Waals surface area (Å²) in [6, 6.07) is 1.27. The van der Waals surface area contributed by atoms with E-state index in [0.717, 1.165) is 26.1 Å². The molecule has 96 valence electrons. The molecule has 1 aliphatic heterocycles. The van der Waals surface area contributed by atoms with E-state index in [0.29, 0.717) is 12.1 Å². The molecule has 0 radical (unpaired) electrons. The zero-order chi connectivity index (χ0) is 12.2. The summed E-state index contributed by atoms with van der Waals surface area (Å²) < 4.78 is 0. The Morgan fingerprint density at radius 3 is 2.50 bits per heavy atom. The van der Waals surface area contributed by atoms with Crippen LogP contribution >= 0.6 is 0 Å². The van der Waals surface area contributed by atoms with Gasteiger partial charge in [-0.1, -0.05) is 13.8 Å². The van der Waals surface area contributed by atoms with E-state index in [9.17, 15) is 5.11 Å². The molecule has 0 aromatic carbocycles. The summed E-state index contributed by atoms with van der Waals surface area (Å²) in [4.78, 5) is 2.54. The Labute approximate surface area is 100 Å². The molecule has 2 atom stereocenters. The summed E-state index contributed by atoms with van der Waals surface area (Å²) in [6.45, 7) is 11.5. The smallest absolute Gasteiger partial charge is 0.0603 e. The molecule has 1 saturated heterocycles. The van der Waals surface area contributed by atoms with E-state index < -0.39 is 5.60 Å². The van der Waals surface area contributed by atoms with Crippen molar-refractivity contribution < 1.29 is 5.11 Å². The first-order valence-electron chi connectivity index (χ1n) is 6.66. The monoisotopic (exact) mass is 228 g/mol. The van der Waals surface area contributed by atoms with Crippen LogP contribution in [0.4, 0.5) is 0 Å². The van der Waals surface area contributed by atoms with Crippen molar-refractivity contribution in [2.45, 2.75) is 64.6 Å². The minimum absolute atomic E-state index is 0.537. The summed E-state index contributed by atoms with van der Waals surface area (Å²) in [5.41, 5.74) is -0.537. The molecule has 0 aliphatic carbocycles. The maximum Gasteiger partial charge on any atom is 0.0603 e. The highest BCUT2D eigenvalue weighted by atomic mass is 16.3. The fourth-order valence-corrected chi connectivity index (χ4v) is 2.30. The zero-order valence-corrected chi connectivity index (χ0v) is 11.3. The Bertz CT molecular complexity index is 201. The first-order valence-corrected chi connectivity index (χ1v) is 6.66. The Morgan fingerprint density at radius 2 is 2.00 bits per heavy atom. The number of hydrogen-bond donors (Lipinski definition) is 2. The van der Waals surface area contributed by atoms with Gasteiger partial charge in [0.2, 0.25) is 0 Å². The van der Waals surface area contributed by atoms with Gasteiger partial charge in [0.15, 0.2) is 0 Å². The maximum atomic E-state index is 9.79. The van der Waals surface area contributed by atoms with Gasteiger partial charge in [0.05, 0.1) is 5.60 Å². The molecule has 1 heterocycles. The van der Waals surface area contributed by atoms with Crippen LogP contribution < -0.4 is 5.32 Å². The number of piperazine rings is 1. The quantitative estimate of drug-likeness (QED) is 0.750. The average molecular weight is 228 g/mol. The fraction of sp³-hybridized carbons (Fsp3) is 1.00. The second-order valence-corrected chi connectivity index (χ2v) is 5.63. The molecule has 3 heteroatoms.